The lowest BCUT2D eigenvalue weighted by molar-refractivity contribution is 0.0996. The molecule has 188 valence electrons. The van der Waals surface area contributed by atoms with Crippen LogP contribution in [-0.2, 0) is 19.1 Å². The van der Waals surface area contributed by atoms with Crippen LogP contribution in [0.25, 0.3) is 11.4 Å². The molecule has 7 nitrogen and oxygen atoms in total. The van der Waals surface area contributed by atoms with Crippen molar-refractivity contribution in [2.24, 2.45) is 13.0 Å². The van der Waals surface area contributed by atoms with Gasteiger partial charge in [0, 0.05) is 28.9 Å². The van der Waals surface area contributed by atoms with E-state index in [1.165, 1.54) is 12.8 Å². The summed E-state index contributed by atoms with van der Waals surface area (Å²) in [6, 6.07) is 17.9. The van der Waals surface area contributed by atoms with Crippen LogP contribution in [0.3, 0.4) is 0 Å². The van der Waals surface area contributed by atoms with E-state index in [-0.39, 0.29) is 5.91 Å². The fourth-order valence-electron chi connectivity index (χ4n) is 5.21. The van der Waals surface area contributed by atoms with Gasteiger partial charge in [0.1, 0.15) is 12.1 Å². The smallest absolute Gasteiger partial charge is 0.260 e. The number of anilines is 1. The Morgan fingerprint density at radius 3 is 2.65 bits per heavy atom. The maximum absolute atomic E-state index is 13.3. The molecule has 8 heteroatoms. The average molecular weight is 513 g/mol. The number of amides is 1. The first-order valence-electron chi connectivity index (χ1n) is 12.6. The van der Waals surface area contributed by atoms with Crippen molar-refractivity contribution in [1.29, 1.82) is 0 Å². The van der Waals surface area contributed by atoms with E-state index >= 15 is 0 Å². The molecular weight excluding hydrogens is 484 g/mol. The van der Waals surface area contributed by atoms with Gasteiger partial charge in [0.15, 0.2) is 5.82 Å². The zero-order valence-corrected chi connectivity index (χ0v) is 22.0. The van der Waals surface area contributed by atoms with Gasteiger partial charge in [-0.1, -0.05) is 35.9 Å². The van der Waals surface area contributed by atoms with E-state index in [9.17, 15) is 4.79 Å². The maximum Gasteiger partial charge on any atom is 0.260 e. The molecule has 2 aliphatic rings. The van der Waals surface area contributed by atoms with Gasteiger partial charge < -0.3 is 9.88 Å². The molecule has 1 atom stereocenters. The van der Waals surface area contributed by atoms with Crippen LogP contribution in [0.15, 0.2) is 60.9 Å². The van der Waals surface area contributed by atoms with Gasteiger partial charge in [0.05, 0.1) is 12.1 Å². The monoisotopic (exact) mass is 512 g/mol. The summed E-state index contributed by atoms with van der Waals surface area (Å²) in [5.74, 6) is 2.05. The highest BCUT2D eigenvalue weighted by Crippen LogP contribution is 2.40. The normalized spacial score (nSPS) is 16.6. The molecule has 0 saturated heterocycles. The molecule has 1 N–H and O–H groups in total. The highest BCUT2D eigenvalue weighted by atomic mass is 35.5. The molecule has 6 rings (SSSR count). The van der Waals surface area contributed by atoms with Crippen molar-refractivity contribution in [1.82, 2.24) is 25.1 Å². The number of nitrogens with one attached hydrogen (secondary N) is 1. The molecule has 3 heterocycles. The highest BCUT2D eigenvalue weighted by Gasteiger charge is 2.36. The Labute approximate surface area is 221 Å². The van der Waals surface area contributed by atoms with Crippen molar-refractivity contribution in [3.8, 4) is 11.4 Å². The predicted octanol–water partition coefficient (Wildman–Crippen LogP) is 5.26. The van der Waals surface area contributed by atoms with E-state index in [1.54, 1.807) is 11.2 Å². The second-order valence-corrected chi connectivity index (χ2v) is 10.7. The van der Waals surface area contributed by atoms with Gasteiger partial charge in [-0.3, -0.25) is 9.69 Å². The lowest BCUT2D eigenvalue weighted by Gasteiger charge is -2.35. The molecule has 1 aliphatic carbocycles. The van der Waals surface area contributed by atoms with E-state index in [0.717, 1.165) is 45.9 Å². The average Bonchev–Trinajstić information content (AvgIpc) is 3.53. The van der Waals surface area contributed by atoms with Gasteiger partial charge in [-0.05, 0) is 86.2 Å². The van der Waals surface area contributed by atoms with Gasteiger partial charge in [0.2, 0.25) is 0 Å². The van der Waals surface area contributed by atoms with Gasteiger partial charge in [0.25, 0.3) is 5.91 Å². The van der Waals surface area contributed by atoms with Crippen molar-refractivity contribution in [3.05, 3.63) is 93.9 Å². The number of carbonyl (C=O) groups is 1. The number of hydrogen-bond acceptors (Lipinski definition) is 5. The summed E-state index contributed by atoms with van der Waals surface area (Å²) in [7, 11) is 1.93. The third-order valence-corrected chi connectivity index (χ3v) is 7.76. The molecule has 0 bridgehead atoms. The summed E-state index contributed by atoms with van der Waals surface area (Å²) < 4.78 is 1.90. The zero-order chi connectivity index (χ0) is 25.7. The molecule has 1 saturated carbocycles. The predicted molar refractivity (Wildman–Crippen MR) is 145 cm³/mol. The molecule has 2 aromatic heterocycles. The molecule has 1 fully saturated rings. The number of rotatable bonds is 7. The minimum atomic E-state index is -0.591. The fraction of sp³-hybridized carbons (Fsp3) is 0.310. The van der Waals surface area contributed by atoms with Gasteiger partial charge in [-0.25, -0.2) is 4.98 Å². The third kappa shape index (κ3) is 4.32. The Morgan fingerprint density at radius 1 is 1.11 bits per heavy atom. The minimum Gasteiger partial charge on any atom is -0.317 e. The van der Waals surface area contributed by atoms with Crippen LogP contribution in [0.5, 0.6) is 0 Å². The molecule has 1 aliphatic heterocycles. The largest absolute Gasteiger partial charge is 0.317 e. The van der Waals surface area contributed by atoms with Crippen LogP contribution in [0.4, 0.5) is 5.82 Å². The van der Waals surface area contributed by atoms with Gasteiger partial charge in [-0.2, -0.15) is 0 Å². The van der Waals surface area contributed by atoms with E-state index in [2.05, 4.69) is 34.6 Å². The molecule has 0 spiro atoms. The van der Waals surface area contributed by atoms with Gasteiger partial charge >= 0.3 is 0 Å². The minimum absolute atomic E-state index is 0.0152. The van der Waals surface area contributed by atoms with E-state index < -0.39 is 5.54 Å². The van der Waals surface area contributed by atoms with Crippen molar-refractivity contribution in [2.45, 2.75) is 38.8 Å². The first kappa shape index (κ1) is 23.8. The first-order valence-corrected chi connectivity index (χ1v) is 13.0. The van der Waals surface area contributed by atoms with Crippen molar-refractivity contribution in [2.75, 3.05) is 11.4 Å². The van der Waals surface area contributed by atoms with Gasteiger partial charge in [-0.15, -0.1) is 10.2 Å². The maximum atomic E-state index is 13.3. The Kier molecular flexibility index (Phi) is 5.85. The summed E-state index contributed by atoms with van der Waals surface area (Å²) in [6.45, 7) is 5.58. The summed E-state index contributed by atoms with van der Waals surface area (Å²) in [5, 5.41) is 13.0. The SMILES string of the molecule is Cc1cc(C(C)(NCC2CC2)c2ccc(Cl)cc2-c2nncn2C)cc(N2Cc3ccccc3C2=O)n1. The molecular formula is C29H29ClN6O. The van der Waals surface area contributed by atoms with Crippen LogP contribution < -0.4 is 10.2 Å². The summed E-state index contributed by atoms with van der Waals surface area (Å²) in [5.41, 5.74) is 5.01. The Hall–Kier alpha value is -3.55. The number of hydrogen-bond donors (Lipinski definition) is 1. The number of fused-ring (bicyclic) bond motifs is 1. The summed E-state index contributed by atoms with van der Waals surface area (Å²) in [4.78, 5) is 19.9. The fourth-order valence-corrected chi connectivity index (χ4v) is 5.38. The third-order valence-electron chi connectivity index (χ3n) is 7.53. The van der Waals surface area contributed by atoms with Crippen LogP contribution in [0, 0.1) is 12.8 Å². The summed E-state index contributed by atoms with van der Waals surface area (Å²) in [6.07, 6.45) is 4.17. The number of benzene rings is 2. The molecule has 1 unspecified atom stereocenters. The van der Waals surface area contributed by atoms with E-state index in [0.29, 0.717) is 23.3 Å². The number of carbonyl (C=O) groups excluding carboxylic acids is 1. The molecule has 2 aromatic carbocycles. The number of nitrogens with zero attached hydrogens (tertiary/aromatic N) is 5. The van der Waals surface area contributed by atoms with Crippen molar-refractivity contribution < 1.29 is 4.79 Å². The van der Waals surface area contributed by atoms with Crippen LogP contribution in [0.2, 0.25) is 5.02 Å². The Morgan fingerprint density at radius 2 is 1.92 bits per heavy atom. The van der Waals surface area contributed by atoms with Crippen molar-refractivity contribution in [3.63, 3.8) is 0 Å². The molecule has 4 aromatic rings. The van der Waals surface area contributed by atoms with Crippen LogP contribution >= 0.6 is 11.6 Å². The standard InChI is InChI=1S/C29H29ClN6O/c1-18-12-21(13-26(33-18)36-16-20-6-4-5-7-23(20)28(36)37)29(2,31-15-19-8-9-19)25-11-10-22(30)14-24(25)27-34-32-17-35(27)3/h4-7,10-14,17,19,31H,8-9,15-16H2,1-3H3. The van der Waals surface area contributed by atoms with Crippen LogP contribution in [-0.4, -0.2) is 32.2 Å². The molecule has 37 heavy (non-hydrogen) atoms. The molecule has 1 amide bonds. The van der Waals surface area contributed by atoms with Crippen LogP contribution in [0.1, 0.15) is 52.5 Å². The number of aryl methyl sites for hydroxylation is 2. The van der Waals surface area contributed by atoms with Crippen molar-refractivity contribution >= 4 is 23.3 Å². The summed E-state index contributed by atoms with van der Waals surface area (Å²) >= 11 is 6.48. The topological polar surface area (TPSA) is 75.9 Å². The molecule has 0 radical (unpaired) electrons. The Bertz CT molecular complexity index is 1510. The van der Waals surface area contributed by atoms with E-state index in [4.69, 9.17) is 16.6 Å². The highest BCUT2D eigenvalue weighted by molar-refractivity contribution is 6.30. The zero-order valence-electron chi connectivity index (χ0n) is 21.2. The second kappa shape index (κ2) is 9.08. The quantitative estimate of drug-likeness (QED) is 0.365. The number of halogens is 1. The second-order valence-electron chi connectivity index (χ2n) is 10.3. The van der Waals surface area contributed by atoms with E-state index in [1.807, 2.05) is 61.0 Å². The number of pyridine rings is 1. The Balaban J connectivity index is 1.49. The first-order chi connectivity index (χ1) is 17.8. The lowest BCUT2D eigenvalue weighted by atomic mass is 9.81. The lowest BCUT2D eigenvalue weighted by Crippen LogP contribution is -2.42. The number of aromatic nitrogens is 4.